The maximum absolute atomic E-state index is 14.6. The highest BCUT2D eigenvalue weighted by Gasteiger charge is 2.24. The summed E-state index contributed by atoms with van der Waals surface area (Å²) >= 11 is 1.32. The van der Waals surface area contributed by atoms with Crippen LogP contribution in [0.15, 0.2) is 78.0 Å². The van der Waals surface area contributed by atoms with Crippen molar-refractivity contribution in [2.45, 2.75) is 12.1 Å². The predicted octanol–water partition coefficient (Wildman–Crippen LogP) is 4.83. The van der Waals surface area contributed by atoms with Gasteiger partial charge in [-0.1, -0.05) is 41.6 Å². The van der Waals surface area contributed by atoms with Crippen LogP contribution in [-0.4, -0.2) is 64.6 Å². The van der Waals surface area contributed by atoms with E-state index >= 15 is 0 Å². The van der Waals surface area contributed by atoms with Gasteiger partial charge in [-0.15, -0.1) is 10.2 Å². The number of nitrogens with zero attached hydrogens (tertiary/aromatic N) is 5. The average Bonchev–Trinajstić information content (AvgIpc) is 3.36. The molecule has 1 aromatic heterocycles. The van der Waals surface area contributed by atoms with Gasteiger partial charge in [0, 0.05) is 37.6 Å². The third kappa shape index (κ3) is 5.46. The fraction of sp³-hybridized carbons (Fsp3) is 0.250. The highest BCUT2D eigenvalue weighted by atomic mass is 32.2. The predicted molar refractivity (Wildman–Crippen MR) is 144 cm³/mol. The van der Waals surface area contributed by atoms with E-state index in [0.717, 1.165) is 35.8 Å². The topological polar surface area (TPSA) is 63.5 Å². The van der Waals surface area contributed by atoms with Crippen molar-refractivity contribution in [3.8, 4) is 22.8 Å². The first-order chi connectivity index (χ1) is 18.0. The molecule has 4 aromatic rings. The Labute approximate surface area is 219 Å². The van der Waals surface area contributed by atoms with Crippen molar-refractivity contribution in [1.82, 2.24) is 19.7 Å². The van der Waals surface area contributed by atoms with E-state index in [1.807, 2.05) is 64.9 Å². The summed E-state index contributed by atoms with van der Waals surface area (Å²) in [6, 6.07) is 22.4. The molecular formula is C28H28FN5O2S. The van der Waals surface area contributed by atoms with Crippen LogP contribution in [0.4, 0.5) is 10.1 Å². The van der Waals surface area contributed by atoms with E-state index in [9.17, 15) is 9.18 Å². The lowest BCUT2D eigenvalue weighted by Crippen LogP contribution is -2.49. The lowest BCUT2D eigenvalue weighted by atomic mass is 10.2. The van der Waals surface area contributed by atoms with Gasteiger partial charge in [0.2, 0.25) is 5.91 Å². The number of carbonyl (C=O) groups is 1. The molecule has 0 saturated carbocycles. The second kappa shape index (κ2) is 11.0. The van der Waals surface area contributed by atoms with Crippen LogP contribution in [0.5, 0.6) is 5.75 Å². The molecule has 1 amide bonds. The normalized spacial score (nSPS) is 13.6. The third-order valence-corrected chi connectivity index (χ3v) is 7.35. The van der Waals surface area contributed by atoms with Gasteiger partial charge in [0.05, 0.1) is 18.4 Å². The molecule has 1 saturated heterocycles. The van der Waals surface area contributed by atoms with Gasteiger partial charge in [0.25, 0.3) is 0 Å². The fourth-order valence-corrected chi connectivity index (χ4v) is 5.19. The minimum atomic E-state index is -0.370. The first-order valence-electron chi connectivity index (χ1n) is 12.1. The fourth-order valence-electron chi connectivity index (χ4n) is 4.33. The number of rotatable bonds is 7. The molecule has 1 aliphatic heterocycles. The van der Waals surface area contributed by atoms with E-state index in [1.165, 1.54) is 17.8 Å². The summed E-state index contributed by atoms with van der Waals surface area (Å²) in [4.78, 5) is 17.2. The van der Waals surface area contributed by atoms with Crippen LogP contribution in [0.3, 0.4) is 0 Å². The summed E-state index contributed by atoms with van der Waals surface area (Å²) in [5.41, 5.74) is 3.41. The molecule has 1 aliphatic rings. The molecular weight excluding hydrogens is 489 g/mol. The number of methoxy groups -OCH3 is 1. The summed E-state index contributed by atoms with van der Waals surface area (Å²) in [6.45, 7) is 4.84. The Hall–Kier alpha value is -3.85. The number of carbonyl (C=O) groups excluding carboxylic acids is 1. The van der Waals surface area contributed by atoms with Crippen LogP contribution in [0, 0.1) is 12.7 Å². The molecule has 0 aliphatic carbocycles. The molecule has 7 nitrogen and oxygen atoms in total. The molecule has 0 unspecified atom stereocenters. The van der Waals surface area contributed by atoms with Crippen LogP contribution < -0.4 is 9.64 Å². The van der Waals surface area contributed by atoms with Crippen molar-refractivity contribution >= 4 is 23.4 Å². The highest BCUT2D eigenvalue weighted by molar-refractivity contribution is 7.99. The van der Waals surface area contributed by atoms with Crippen molar-refractivity contribution in [3.05, 3.63) is 84.2 Å². The number of benzene rings is 3. The number of anilines is 1. The third-order valence-electron chi connectivity index (χ3n) is 6.43. The number of hydrogen-bond acceptors (Lipinski definition) is 6. The Morgan fingerprint density at radius 1 is 0.919 bits per heavy atom. The molecule has 0 radical (unpaired) electrons. The summed E-state index contributed by atoms with van der Waals surface area (Å²) in [5.74, 6) is 1.14. The Bertz CT molecular complexity index is 1370. The molecule has 3 aromatic carbocycles. The van der Waals surface area contributed by atoms with Crippen molar-refractivity contribution in [1.29, 1.82) is 0 Å². The average molecular weight is 518 g/mol. The van der Waals surface area contributed by atoms with E-state index < -0.39 is 0 Å². The number of aromatic nitrogens is 3. The Balaban J connectivity index is 1.28. The number of amides is 1. The Morgan fingerprint density at radius 2 is 1.59 bits per heavy atom. The van der Waals surface area contributed by atoms with E-state index in [1.54, 1.807) is 25.3 Å². The maximum Gasteiger partial charge on any atom is 0.233 e. The van der Waals surface area contributed by atoms with Crippen molar-refractivity contribution in [3.63, 3.8) is 0 Å². The van der Waals surface area contributed by atoms with Crippen LogP contribution in [0.2, 0.25) is 0 Å². The Morgan fingerprint density at radius 3 is 2.27 bits per heavy atom. The minimum Gasteiger partial charge on any atom is -0.497 e. The zero-order valence-corrected chi connectivity index (χ0v) is 21.6. The lowest BCUT2D eigenvalue weighted by molar-refractivity contribution is -0.128. The summed E-state index contributed by atoms with van der Waals surface area (Å²) in [7, 11) is 1.65. The van der Waals surface area contributed by atoms with Gasteiger partial charge in [-0.3, -0.25) is 9.36 Å². The quantitative estimate of drug-likeness (QED) is 0.327. The number of ether oxygens (including phenoxy) is 1. The van der Waals surface area contributed by atoms with Crippen LogP contribution in [0.25, 0.3) is 17.1 Å². The SMILES string of the molecule is COc1ccc(N2CCN(C(=O)CSc3nnc(-c4ccccc4F)n3-c3ccc(C)cc3)CC2)cc1. The van der Waals surface area contributed by atoms with Gasteiger partial charge in [-0.25, -0.2) is 4.39 Å². The summed E-state index contributed by atoms with van der Waals surface area (Å²) < 4.78 is 21.7. The largest absolute Gasteiger partial charge is 0.497 e. The monoisotopic (exact) mass is 517 g/mol. The molecule has 5 rings (SSSR count). The zero-order valence-electron chi connectivity index (χ0n) is 20.8. The van der Waals surface area contributed by atoms with E-state index in [-0.39, 0.29) is 17.5 Å². The number of halogens is 1. The van der Waals surface area contributed by atoms with Gasteiger partial charge in [0.1, 0.15) is 11.6 Å². The molecule has 9 heteroatoms. The molecule has 1 fully saturated rings. The molecule has 2 heterocycles. The van der Waals surface area contributed by atoms with Crippen molar-refractivity contribution in [2.75, 3.05) is 43.9 Å². The highest BCUT2D eigenvalue weighted by Crippen LogP contribution is 2.30. The smallest absolute Gasteiger partial charge is 0.233 e. The number of thioether (sulfide) groups is 1. The van der Waals surface area contributed by atoms with Gasteiger partial charge in [-0.2, -0.15) is 0 Å². The number of aryl methyl sites for hydroxylation is 1. The van der Waals surface area contributed by atoms with Crippen molar-refractivity contribution < 1.29 is 13.9 Å². The van der Waals surface area contributed by atoms with Gasteiger partial charge in [-0.05, 0) is 55.5 Å². The standard InChI is InChI=1S/C28H28FN5O2S/c1-20-7-9-22(10-8-20)34-27(24-5-3-4-6-25(24)29)30-31-28(34)37-19-26(35)33-17-15-32(16-18-33)21-11-13-23(36-2)14-12-21/h3-14H,15-19H2,1-2H3. The van der Waals surface area contributed by atoms with Gasteiger partial charge < -0.3 is 14.5 Å². The Kier molecular flexibility index (Phi) is 7.41. The van der Waals surface area contributed by atoms with Gasteiger partial charge in [0.15, 0.2) is 11.0 Å². The van der Waals surface area contributed by atoms with Crippen LogP contribution >= 0.6 is 11.8 Å². The second-order valence-electron chi connectivity index (χ2n) is 8.81. The second-order valence-corrected chi connectivity index (χ2v) is 9.75. The first kappa shape index (κ1) is 24.8. The maximum atomic E-state index is 14.6. The summed E-state index contributed by atoms with van der Waals surface area (Å²) in [6.07, 6.45) is 0. The minimum absolute atomic E-state index is 0.0466. The summed E-state index contributed by atoms with van der Waals surface area (Å²) in [5, 5.41) is 9.19. The van der Waals surface area contributed by atoms with Crippen molar-refractivity contribution in [2.24, 2.45) is 0 Å². The van der Waals surface area contributed by atoms with Crippen LogP contribution in [-0.2, 0) is 4.79 Å². The number of hydrogen-bond donors (Lipinski definition) is 0. The van der Waals surface area contributed by atoms with E-state index in [2.05, 4.69) is 15.1 Å². The van der Waals surface area contributed by atoms with Gasteiger partial charge >= 0.3 is 0 Å². The molecule has 190 valence electrons. The lowest BCUT2D eigenvalue weighted by Gasteiger charge is -2.36. The zero-order chi connectivity index (χ0) is 25.8. The molecule has 0 bridgehead atoms. The molecule has 0 atom stereocenters. The van der Waals surface area contributed by atoms with Crippen LogP contribution in [0.1, 0.15) is 5.56 Å². The first-order valence-corrected chi connectivity index (χ1v) is 13.1. The number of piperazine rings is 1. The van der Waals surface area contributed by atoms with E-state index in [0.29, 0.717) is 29.6 Å². The molecule has 0 N–H and O–H groups in total. The van der Waals surface area contributed by atoms with E-state index in [4.69, 9.17) is 4.74 Å². The molecule has 0 spiro atoms. The molecule has 37 heavy (non-hydrogen) atoms.